The summed E-state index contributed by atoms with van der Waals surface area (Å²) in [4.78, 5) is 13.1. The summed E-state index contributed by atoms with van der Waals surface area (Å²) in [5.74, 6) is -0.323. The molecule has 2 heterocycles. The number of esters is 1. The molecule has 0 N–H and O–H groups in total. The van der Waals surface area contributed by atoms with Crippen molar-refractivity contribution in [1.82, 2.24) is 0 Å². The molecular weight excluding hydrogens is 641 g/mol. The fourth-order valence-electron chi connectivity index (χ4n) is 8.87. The SMILES string of the molecule is C=C[C@H]1C(C)(C)[C@H]2O[C@@]1([C@@H](OC(C)=O)C1=C(CO[Si](C)(C)C(C)(C)C)CCCC1)C[C@@H]2O[Si](c1ccccc1)(c1ccccc1)C(C)(C)C. The van der Waals surface area contributed by atoms with Gasteiger partial charge in [-0.25, -0.2) is 0 Å². The normalized spacial score (nSPS) is 26.5. The average molecular weight is 703 g/mol. The maximum absolute atomic E-state index is 13.1. The standard InChI is InChI=1S/C42H62O5Si2/c1-13-36-41(9,10)38-35(47-49(40(6,7)8,32-23-16-14-17-24-32)33-25-18-15-19-26-33)28-42(36,46-38)37(45-30(2)43)34-27-21-20-22-31(34)29-44-48(11,12)39(3,4)5/h13-19,23-26,35-38H,1,20-22,27-29H2,2-12H3/t35-,36-,37-,38-,42-/m0/s1. The van der Waals surface area contributed by atoms with Gasteiger partial charge in [0.15, 0.2) is 14.4 Å². The summed E-state index contributed by atoms with van der Waals surface area (Å²) in [6.45, 7) is 29.5. The van der Waals surface area contributed by atoms with Crippen LogP contribution in [0.2, 0.25) is 23.2 Å². The van der Waals surface area contributed by atoms with Gasteiger partial charge < -0.3 is 18.3 Å². The van der Waals surface area contributed by atoms with E-state index < -0.39 is 28.3 Å². The Kier molecular flexibility index (Phi) is 10.6. The molecule has 2 aliphatic heterocycles. The lowest BCUT2D eigenvalue weighted by molar-refractivity contribution is -0.161. The zero-order valence-electron chi connectivity index (χ0n) is 32.2. The van der Waals surface area contributed by atoms with E-state index in [2.05, 4.69) is 142 Å². The van der Waals surface area contributed by atoms with Crippen LogP contribution in [0.25, 0.3) is 0 Å². The Hall–Kier alpha value is -2.30. The summed E-state index contributed by atoms with van der Waals surface area (Å²) in [6, 6.07) is 21.7. The van der Waals surface area contributed by atoms with Gasteiger partial charge in [-0.2, -0.15) is 0 Å². The highest BCUT2D eigenvalue weighted by Gasteiger charge is 2.71. The molecule has 49 heavy (non-hydrogen) atoms. The Balaban J connectivity index is 1.64. The molecule has 0 spiro atoms. The summed E-state index contributed by atoms with van der Waals surface area (Å²) >= 11 is 0. The fourth-order valence-corrected chi connectivity index (χ4v) is 14.5. The first-order valence-corrected chi connectivity index (χ1v) is 23.2. The van der Waals surface area contributed by atoms with Crippen LogP contribution in [0.5, 0.6) is 0 Å². The third-order valence-corrected chi connectivity index (χ3v) is 21.9. The van der Waals surface area contributed by atoms with Crippen LogP contribution in [0.1, 0.15) is 94.4 Å². The second-order valence-electron chi connectivity index (χ2n) is 17.9. The highest BCUT2D eigenvalue weighted by molar-refractivity contribution is 6.99. The molecule has 0 radical (unpaired) electrons. The maximum atomic E-state index is 13.1. The molecule has 0 saturated carbocycles. The van der Waals surface area contributed by atoms with Crippen LogP contribution in [0.15, 0.2) is 84.5 Å². The zero-order valence-corrected chi connectivity index (χ0v) is 34.2. The van der Waals surface area contributed by atoms with E-state index in [0.29, 0.717) is 13.0 Å². The van der Waals surface area contributed by atoms with Crippen LogP contribution in [0.4, 0.5) is 0 Å². The molecule has 7 heteroatoms. The molecule has 0 aromatic heterocycles. The van der Waals surface area contributed by atoms with Gasteiger partial charge in [0.1, 0.15) is 5.60 Å². The highest BCUT2D eigenvalue weighted by Crippen LogP contribution is 2.63. The van der Waals surface area contributed by atoms with Gasteiger partial charge >= 0.3 is 5.97 Å². The van der Waals surface area contributed by atoms with Gasteiger partial charge in [-0.05, 0) is 70.4 Å². The van der Waals surface area contributed by atoms with Crippen molar-refractivity contribution in [2.24, 2.45) is 11.3 Å². The molecule has 2 bridgehead atoms. The van der Waals surface area contributed by atoms with Crippen molar-refractivity contribution in [3.63, 3.8) is 0 Å². The number of hydrogen-bond acceptors (Lipinski definition) is 5. The van der Waals surface area contributed by atoms with Gasteiger partial charge in [0.25, 0.3) is 8.32 Å². The van der Waals surface area contributed by atoms with Gasteiger partial charge in [0.05, 0.1) is 18.8 Å². The molecule has 2 aromatic rings. The molecule has 3 aliphatic rings. The fraction of sp³-hybridized carbons (Fsp3) is 0.595. The van der Waals surface area contributed by atoms with E-state index in [0.717, 1.165) is 25.7 Å². The number of rotatable bonds is 11. The van der Waals surface area contributed by atoms with Crippen LogP contribution in [0.3, 0.4) is 0 Å². The number of benzene rings is 2. The molecular formula is C42H62O5Si2. The maximum Gasteiger partial charge on any atom is 0.303 e. The molecule has 2 fully saturated rings. The largest absolute Gasteiger partial charge is 0.455 e. The second-order valence-corrected chi connectivity index (χ2v) is 27.0. The lowest BCUT2D eigenvalue weighted by Gasteiger charge is -2.50. The molecule has 5 nitrogen and oxygen atoms in total. The van der Waals surface area contributed by atoms with Gasteiger partial charge in [0, 0.05) is 24.7 Å². The summed E-state index contributed by atoms with van der Waals surface area (Å²) in [6.07, 6.45) is 5.73. The van der Waals surface area contributed by atoms with E-state index in [-0.39, 0.29) is 39.6 Å². The Morgan fingerprint density at radius 3 is 1.98 bits per heavy atom. The molecule has 1 aliphatic carbocycles. The lowest BCUT2D eigenvalue weighted by atomic mass is 9.60. The van der Waals surface area contributed by atoms with Crippen LogP contribution in [-0.2, 0) is 23.1 Å². The van der Waals surface area contributed by atoms with Crippen molar-refractivity contribution in [3.05, 3.63) is 84.5 Å². The van der Waals surface area contributed by atoms with Crippen molar-refractivity contribution in [2.45, 2.75) is 142 Å². The first-order chi connectivity index (χ1) is 22.8. The van der Waals surface area contributed by atoms with Crippen LogP contribution < -0.4 is 10.4 Å². The number of fused-ring (bicyclic) bond motifs is 2. The second kappa shape index (κ2) is 13.7. The van der Waals surface area contributed by atoms with Crippen LogP contribution >= 0.6 is 0 Å². The number of carbonyl (C=O) groups is 1. The van der Waals surface area contributed by atoms with Crippen molar-refractivity contribution in [1.29, 1.82) is 0 Å². The molecule has 0 unspecified atom stereocenters. The van der Waals surface area contributed by atoms with Gasteiger partial charge in [-0.1, -0.05) is 122 Å². The van der Waals surface area contributed by atoms with E-state index in [1.807, 2.05) is 0 Å². The van der Waals surface area contributed by atoms with Crippen molar-refractivity contribution < 1.29 is 23.1 Å². The Bertz CT molecular complexity index is 1480. The average Bonchev–Trinajstić information content (AvgIpc) is 3.52. The predicted molar refractivity (Wildman–Crippen MR) is 206 cm³/mol. The Labute approximate surface area is 299 Å². The van der Waals surface area contributed by atoms with Crippen LogP contribution in [0, 0.1) is 11.3 Å². The molecule has 5 atom stereocenters. The smallest absolute Gasteiger partial charge is 0.303 e. The number of carbonyl (C=O) groups excluding carboxylic acids is 1. The number of ether oxygens (including phenoxy) is 2. The molecule has 0 amide bonds. The Morgan fingerprint density at radius 2 is 1.49 bits per heavy atom. The highest BCUT2D eigenvalue weighted by atomic mass is 28.4. The third kappa shape index (κ3) is 6.75. The van der Waals surface area contributed by atoms with Crippen LogP contribution in [-0.4, -0.2) is 53.1 Å². The van der Waals surface area contributed by atoms with Crippen molar-refractivity contribution in [3.8, 4) is 0 Å². The van der Waals surface area contributed by atoms with Gasteiger partial charge in [0.2, 0.25) is 0 Å². The quantitative estimate of drug-likeness (QED) is 0.133. The summed E-state index contributed by atoms with van der Waals surface area (Å²) in [5.41, 5.74) is 1.36. The first kappa shape index (κ1) is 37.9. The molecule has 2 saturated heterocycles. The summed E-state index contributed by atoms with van der Waals surface area (Å²) in [7, 11) is -4.90. The first-order valence-electron chi connectivity index (χ1n) is 18.4. The number of hydrogen-bond donors (Lipinski definition) is 0. The van der Waals surface area contributed by atoms with E-state index in [1.54, 1.807) is 0 Å². The van der Waals surface area contributed by atoms with Crippen molar-refractivity contribution >= 4 is 33.0 Å². The zero-order chi connectivity index (χ0) is 36.0. The van der Waals surface area contributed by atoms with Crippen molar-refractivity contribution in [2.75, 3.05) is 6.61 Å². The topological polar surface area (TPSA) is 54.0 Å². The third-order valence-electron chi connectivity index (χ3n) is 12.3. The molecule has 2 aromatic carbocycles. The van der Waals surface area contributed by atoms with E-state index in [1.165, 1.54) is 28.4 Å². The van der Waals surface area contributed by atoms with E-state index in [4.69, 9.17) is 18.3 Å². The van der Waals surface area contributed by atoms with Gasteiger partial charge in [-0.15, -0.1) is 6.58 Å². The minimum absolute atomic E-state index is 0.0367. The monoisotopic (exact) mass is 702 g/mol. The summed E-state index contributed by atoms with van der Waals surface area (Å²) < 4.78 is 28.5. The van der Waals surface area contributed by atoms with E-state index in [9.17, 15) is 4.79 Å². The Morgan fingerprint density at radius 1 is 0.939 bits per heavy atom. The predicted octanol–water partition coefficient (Wildman–Crippen LogP) is 9.13. The minimum atomic E-state index is -2.89. The molecule has 5 rings (SSSR count). The minimum Gasteiger partial charge on any atom is -0.455 e. The van der Waals surface area contributed by atoms with Gasteiger partial charge in [-0.3, -0.25) is 4.79 Å². The van der Waals surface area contributed by atoms with E-state index >= 15 is 0 Å². The summed E-state index contributed by atoms with van der Waals surface area (Å²) in [5, 5.41) is 2.43. The molecule has 268 valence electrons. The lowest BCUT2D eigenvalue weighted by Crippen LogP contribution is -2.69.